The van der Waals surface area contributed by atoms with E-state index in [1.807, 2.05) is 12.5 Å². The lowest BCUT2D eigenvalue weighted by molar-refractivity contribution is 0.0175. The molecule has 1 fully saturated rings. The minimum atomic E-state index is 0.0703. The molecule has 2 heterocycles. The number of aromatic nitrogens is 2. The second kappa shape index (κ2) is 5.82. The Morgan fingerprint density at radius 2 is 2.39 bits per heavy atom. The maximum Gasteiger partial charge on any atom is 0.0983 e. The Morgan fingerprint density at radius 3 is 3.00 bits per heavy atom. The van der Waals surface area contributed by atoms with Crippen LogP contribution < -0.4 is 5.32 Å². The Labute approximate surface area is 108 Å². The topological polar surface area (TPSA) is 48.3 Å². The quantitative estimate of drug-likeness (QED) is 0.814. The van der Waals surface area contributed by atoms with Crippen molar-refractivity contribution in [2.45, 2.75) is 31.4 Å². The van der Waals surface area contributed by atoms with E-state index in [2.05, 4.69) is 21.8 Å². The van der Waals surface area contributed by atoms with Crippen molar-refractivity contribution in [3.8, 4) is 0 Å². The van der Waals surface area contributed by atoms with Crippen molar-refractivity contribution in [1.82, 2.24) is 14.9 Å². The first-order chi connectivity index (χ1) is 8.69. The van der Waals surface area contributed by atoms with Crippen LogP contribution in [0.5, 0.6) is 0 Å². The van der Waals surface area contributed by atoms with E-state index in [4.69, 9.17) is 9.47 Å². The van der Waals surface area contributed by atoms with E-state index in [9.17, 15) is 0 Å². The van der Waals surface area contributed by atoms with Crippen LogP contribution in [0.15, 0.2) is 12.5 Å². The molecule has 1 aliphatic rings. The van der Waals surface area contributed by atoms with Gasteiger partial charge in [-0.05, 0) is 13.0 Å². The average molecular weight is 253 g/mol. The molecule has 2 atom stereocenters. The van der Waals surface area contributed by atoms with Crippen molar-refractivity contribution in [2.75, 3.05) is 33.9 Å². The van der Waals surface area contributed by atoms with E-state index >= 15 is 0 Å². The van der Waals surface area contributed by atoms with Crippen molar-refractivity contribution in [3.63, 3.8) is 0 Å². The van der Waals surface area contributed by atoms with Crippen LogP contribution in [0.25, 0.3) is 0 Å². The van der Waals surface area contributed by atoms with Gasteiger partial charge < -0.3 is 19.4 Å². The Bertz CT molecular complexity index is 372. The van der Waals surface area contributed by atoms with Gasteiger partial charge in [0, 0.05) is 38.1 Å². The number of rotatable bonds is 6. The number of nitrogens with one attached hydrogen (secondary N) is 1. The zero-order valence-electron chi connectivity index (χ0n) is 11.5. The SMILES string of the molecule is COCC(Cn1cncc1C1(C)CCNC1)OC. The predicted octanol–water partition coefficient (Wildman–Crippen LogP) is 0.796. The third-order valence-electron chi connectivity index (χ3n) is 3.79. The van der Waals surface area contributed by atoms with E-state index in [1.54, 1.807) is 14.2 Å². The first-order valence-electron chi connectivity index (χ1n) is 6.42. The molecule has 1 aliphatic heterocycles. The van der Waals surface area contributed by atoms with Gasteiger partial charge in [0.2, 0.25) is 0 Å². The summed E-state index contributed by atoms with van der Waals surface area (Å²) >= 11 is 0. The molecule has 0 aliphatic carbocycles. The molecular weight excluding hydrogens is 230 g/mol. The second-order valence-corrected chi connectivity index (χ2v) is 5.23. The molecule has 1 N–H and O–H groups in total. The number of hydrogen-bond donors (Lipinski definition) is 1. The molecule has 0 spiro atoms. The first kappa shape index (κ1) is 13.5. The van der Waals surface area contributed by atoms with E-state index in [0.717, 1.165) is 26.1 Å². The van der Waals surface area contributed by atoms with Gasteiger partial charge in [-0.3, -0.25) is 0 Å². The number of nitrogens with zero attached hydrogens (tertiary/aromatic N) is 2. The smallest absolute Gasteiger partial charge is 0.0983 e. The normalized spacial score (nSPS) is 25.5. The van der Waals surface area contributed by atoms with Gasteiger partial charge in [-0.15, -0.1) is 0 Å². The lowest BCUT2D eigenvalue weighted by Gasteiger charge is -2.26. The maximum absolute atomic E-state index is 5.43. The van der Waals surface area contributed by atoms with Gasteiger partial charge in [0.15, 0.2) is 0 Å². The lowest BCUT2D eigenvalue weighted by Crippen LogP contribution is -2.31. The Hall–Kier alpha value is -0.910. The highest BCUT2D eigenvalue weighted by Crippen LogP contribution is 2.29. The maximum atomic E-state index is 5.43. The molecule has 2 rings (SSSR count). The highest BCUT2D eigenvalue weighted by molar-refractivity contribution is 5.17. The van der Waals surface area contributed by atoms with E-state index in [-0.39, 0.29) is 11.5 Å². The zero-order valence-corrected chi connectivity index (χ0v) is 11.5. The summed E-state index contributed by atoms with van der Waals surface area (Å²) in [5.74, 6) is 0. The van der Waals surface area contributed by atoms with Crippen molar-refractivity contribution < 1.29 is 9.47 Å². The van der Waals surface area contributed by atoms with Crippen molar-refractivity contribution in [3.05, 3.63) is 18.2 Å². The monoisotopic (exact) mass is 253 g/mol. The predicted molar refractivity (Wildman–Crippen MR) is 69.7 cm³/mol. The summed E-state index contributed by atoms with van der Waals surface area (Å²) in [6, 6.07) is 0. The molecule has 0 amide bonds. The summed E-state index contributed by atoms with van der Waals surface area (Å²) in [7, 11) is 3.42. The summed E-state index contributed by atoms with van der Waals surface area (Å²) in [5, 5.41) is 3.42. The number of ether oxygens (including phenoxy) is 2. The fourth-order valence-electron chi connectivity index (χ4n) is 2.60. The molecule has 0 aromatic carbocycles. The van der Waals surface area contributed by atoms with Gasteiger partial charge in [0.05, 0.1) is 25.6 Å². The summed E-state index contributed by atoms with van der Waals surface area (Å²) in [4.78, 5) is 4.30. The van der Waals surface area contributed by atoms with Crippen LogP contribution >= 0.6 is 0 Å². The third kappa shape index (κ3) is 2.74. The standard InChI is InChI=1S/C13H23N3O2/c1-13(4-5-14-9-13)12-6-15-10-16(12)7-11(18-3)8-17-2/h6,10-11,14H,4-5,7-9H2,1-3H3. The van der Waals surface area contributed by atoms with Gasteiger partial charge in [-0.2, -0.15) is 0 Å². The molecule has 5 heteroatoms. The highest BCUT2D eigenvalue weighted by atomic mass is 16.5. The largest absolute Gasteiger partial charge is 0.382 e. The molecule has 0 bridgehead atoms. The fourth-order valence-corrected chi connectivity index (χ4v) is 2.60. The van der Waals surface area contributed by atoms with Crippen LogP contribution in [0.2, 0.25) is 0 Å². The summed E-state index contributed by atoms with van der Waals surface area (Å²) in [5.41, 5.74) is 1.47. The second-order valence-electron chi connectivity index (χ2n) is 5.23. The van der Waals surface area contributed by atoms with Gasteiger partial charge in [0.1, 0.15) is 0 Å². The molecule has 1 aromatic heterocycles. The molecule has 18 heavy (non-hydrogen) atoms. The summed E-state index contributed by atoms with van der Waals surface area (Å²) in [6.07, 6.45) is 5.09. The van der Waals surface area contributed by atoms with E-state index in [1.165, 1.54) is 5.69 Å². The molecule has 0 radical (unpaired) electrons. The molecular formula is C13H23N3O2. The molecule has 2 unspecified atom stereocenters. The minimum absolute atomic E-state index is 0.0703. The van der Waals surface area contributed by atoms with Crippen LogP contribution in [-0.2, 0) is 21.4 Å². The zero-order chi connectivity index (χ0) is 13.0. The van der Waals surface area contributed by atoms with Gasteiger partial charge in [0.25, 0.3) is 0 Å². The molecule has 0 saturated carbocycles. The molecule has 1 aromatic rings. The fraction of sp³-hybridized carbons (Fsp3) is 0.769. The van der Waals surface area contributed by atoms with Gasteiger partial charge in [-0.25, -0.2) is 4.98 Å². The van der Waals surface area contributed by atoms with Gasteiger partial charge >= 0.3 is 0 Å². The number of hydrogen-bond acceptors (Lipinski definition) is 4. The van der Waals surface area contributed by atoms with Crippen LogP contribution in [0, 0.1) is 0 Å². The number of methoxy groups -OCH3 is 2. The van der Waals surface area contributed by atoms with Crippen LogP contribution in [-0.4, -0.2) is 49.6 Å². The van der Waals surface area contributed by atoms with Crippen molar-refractivity contribution in [1.29, 1.82) is 0 Å². The summed E-state index contributed by atoms with van der Waals surface area (Å²) < 4.78 is 12.8. The highest BCUT2D eigenvalue weighted by Gasteiger charge is 2.33. The lowest BCUT2D eigenvalue weighted by atomic mass is 9.86. The van der Waals surface area contributed by atoms with Crippen molar-refractivity contribution in [2.24, 2.45) is 0 Å². The van der Waals surface area contributed by atoms with Crippen LogP contribution in [0.3, 0.4) is 0 Å². The van der Waals surface area contributed by atoms with Crippen LogP contribution in [0.1, 0.15) is 19.0 Å². The average Bonchev–Trinajstić information content (AvgIpc) is 2.98. The number of imidazole rings is 1. The first-order valence-corrected chi connectivity index (χ1v) is 6.42. The third-order valence-corrected chi connectivity index (χ3v) is 3.79. The Balaban J connectivity index is 2.12. The van der Waals surface area contributed by atoms with E-state index < -0.39 is 0 Å². The summed E-state index contributed by atoms with van der Waals surface area (Å²) in [6.45, 7) is 5.77. The molecule has 102 valence electrons. The van der Waals surface area contributed by atoms with Gasteiger partial charge in [-0.1, -0.05) is 6.92 Å². The Morgan fingerprint density at radius 1 is 1.56 bits per heavy atom. The van der Waals surface area contributed by atoms with E-state index in [0.29, 0.717) is 6.61 Å². The molecule has 1 saturated heterocycles. The van der Waals surface area contributed by atoms with Crippen molar-refractivity contribution >= 4 is 0 Å². The Kier molecular flexibility index (Phi) is 4.37. The molecule has 5 nitrogen and oxygen atoms in total. The van der Waals surface area contributed by atoms with Crippen LogP contribution in [0.4, 0.5) is 0 Å². The minimum Gasteiger partial charge on any atom is -0.382 e.